The third-order valence-corrected chi connectivity index (χ3v) is 3.31. The Morgan fingerprint density at radius 3 is 2.70 bits per heavy atom. The van der Waals surface area contributed by atoms with Crippen LogP contribution in [0.25, 0.3) is 5.69 Å². The number of anilines is 1. The van der Waals surface area contributed by atoms with Crippen LogP contribution in [0.15, 0.2) is 42.7 Å². The number of nitrogens with zero attached hydrogens (tertiary/aromatic N) is 2. The summed E-state index contributed by atoms with van der Waals surface area (Å²) in [5.41, 5.74) is 7.26. The highest BCUT2D eigenvalue weighted by molar-refractivity contribution is 5.94. The highest BCUT2D eigenvalue weighted by Crippen LogP contribution is 2.21. The Morgan fingerprint density at radius 1 is 1.35 bits per heavy atom. The Hall–Kier alpha value is -2.14. The van der Waals surface area contributed by atoms with Crippen LogP contribution < -0.4 is 11.1 Å². The number of aromatic nitrogens is 2. The summed E-state index contributed by atoms with van der Waals surface area (Å²) in [4.78, 5) is 12.3. The van der Waals surface area contributed by atoms with Crippen LogP contribution in [0.5, 0.6) is 0 Å². The first-order valence-corrected chi connectivity index (χ1v) is 6.73. The number of nitrogens with one attached hydrogen (secondary N) is 1. The quantitative estimate of drug-likeness (QED) is 0.874. The fourth-order valence-corrected chi connectivity index (χ4v) is 2.10. The molecule has 1 unspecified atom stereocenters. The molecule has 0 fully saturated rings. The number of amides is 1. The first kappa shape index (κ1) is 14.3. The minimum absolute atomic E-state index is 0.0536. The Balaban J connectivity index is 2.24. The third-order valence-electron chi connectivity index (χ3n) is 3.31. The van der Waals surface area contributed by atoms with Crippen molar-refractivity contribution in [3.63, 3.8) is 0 Å². The van der Waals surface area contributed by atoms with Gasteiger partial charge in [-0.3, -0.25) is 4.79 Å². The highest BCUT2D eigenvalue weighted by atomic mass is 16.1. The number of rotatable bonds is 5. The van der Waals surface area contributed by atoms with Crippen molar-refractivity contribution in [2.75, 3.05) is 11.9 Å². The van der Waals surface area contributed by atoms with Crippen molar-refractivity contribution < 1.29 is 4.79 Å². The molecule has 0 radical (unpaired) electrons. The fraction of sp³-hybridized carbons (Fsp3) is 0.333. The first-order valence-electron chi connectivity index (χ1n) is 6.73. The number of para-hydroxylation sites is 2. The van der Waals surface area contributed by atoms with E-state index in [9.17, 15) is 4.79 Å². The van der Waals surface area contributed by atoms with Crippen molar-refractivity contribution in [3.8, 4) is 5.69 Å². The molecule has 0 bridgehead atoms. The van der Waals surface area contributed by atoms with Gasteiger partial charge in [-0.05, 0) is 24.1 Å². The molecule has 0 saturated heterocycles. The van der Waals surface area contributed by atoms with Crippen molar-refractivity contribution in [1.82, 2.24) is 9.78 Å². The molecule has 2 rings (SSSR count). The van der Waals surface area contributed by atoms with Crippen molar-refractivity contribution in [1.29, 1.82) is 0 Å². The van der Waals surface area contributed by atoms with E-state index < -0.39 is 0 Å². The highest BCUT2D eigenvalue weighted by Gasteiger charge is 2.21. The Bertz CT molecular complexity index is 563. The summed E-state index contributed by atoms with van der Waals surface area (Å²) in [5, 5.41) is 7.15. The molecule has 3 N–H and O–H groups in total. The fourth-order valence-electron chi connectivity index (χ4n) is 2.10. The lowest BCUT2D eigenvalue weighted by atomic mass is 9.95. The summed E-state index contributed by atoms with van der Waals surface area (Å²) in [6, 6.07) is 9.42. The van der Waals surface area contributed by atoms with Gasteiger partial charge in [0.15, 0.2) is 0 Å². The molecule has 1 aromatic heterocycles. The molecule has 0 aliphatic carbocycles. The molecule has 1 atom stereocenters. The Morgan fingerprint density at radius 2 is 2.10 bits per heavy atom. The van der Waals surface area contributed by atoms with Gasteiger partial charge in [-0.15, -0.1) is 0 Å². The summed E-state index contributed by atoms with van der Waals surface area (Å²) in [6.45, 7) is 4.33. The van der Waals surface area contributed by atoms with Gasteiger partial charge in [-0.2, -0.15) is 5.10 Å². The second-order valence-corrected chi connectivity index (χ2v) is 5.04. The van der Waals surface area contributed by atoms with Crippen LogP contribution in [-0.4, -0.2) is 22.2 Å². The van der Waals surface area contributed by atoms with Crippen LogP contribution in [0.4, 0.5) is 5.69 Å². The van der Waals surface area contributed by atoms with Gasteiger partial charge in [-0.25, -0.2) is 4.68 Å². The van der Waals surface area contributed by atoms with Crippen LogP contribution in [0.1, 0.15) is 13.8 Å². The maximum atomic E-state index is 12.3. The van der Waals surface area contributed by atoms with E-state index >= 15 is 0 Å². The molecule has 1 amide bonds. The maximum Gasteiger partial charge on any atom is 0.229 e. The first-order chi connectivity index (χ1) is 9.63. The standard InChI is InChI=1S/C15H20N4O/c1-11(2)12(10-16)15(20)18-13-6-3-4-7-14(13)19-9-5-8-17-19/h3-9,11-12H,10,16H2,1-2H3,(H,18,20). The Labute approximate surface area is 118 Å². The van der Waals surface area contributed by atoms with Crippen LogP contribution >= 0.6 is 0 Å². The van der Waals surface area contributed by atoms with Gasteiger partial charge in [0.25, 0.3) is 0 Å². The summed E-state index contributed by atoms with van der Waals surface area (Å²) >= 11 is 0. The number of carbonyl (C=O) groups is 1. The molecular formula is C15H20N4O. The molecule has 106 valence electrons. The zero-order valence-corrected chi connectivity index (χ0v) is 11.8. The van der Waals surface area contributed by atoms with Gasteiger partial charge in [0.05, 0.1) is 17.3 Å². The lowest BCUT2D eigenvalue weighted by Crippen LogP contribution is -2.33. The van der Waals surface area contributed by atoms with Gasteiger partial charge in [0.1, 0.15) is 0 Å². The van der Waals surface area contributed by atoms with Crippen molar-refractivity contribution in [3.05, 3.63) is 42.7 Å². The van der Waals surface area contributed by atoms with Gasteiger partial charge in [0, 0.05) is 18.9 Å². The van der Waals surface area contributed by atoms with E-state index in [4.69, 9.17) is 5.73 Å². The summed E-state index contributed by atoms with van der Waals surface area (Å²) < 4.78 is 1.72. The predicted octanol–water partition coefficient (Wildman–Crippen LogP) is 2.04. The molecule has 5 heteroatoms. The van der Waals surface area contributed by atoms with Crippen molar-refractivity contribution in [2.24, 2.45) is 17.6 Å². The smallest absolute Gasteiger partial charge is 0.229 e. The monoisotopic (exact) mass is 272 g/mol. The van der Waals surface area contributed by atoms with Crippen LogP contribution in [-0.2, 0) is 4.79 Å². The van der Waals surface area contributed by atoms with E-state index in [1.807, 2.05) is 50.4 Å². The minimum atomic E-state index is -0.194. The van der Waals surface area contributed by atoms with Gasteiger partial charge < -0.3 is 11.1 Å². The van der Waals surface area contributed by atoms with Crippen LogP contribution in [0, 0.1) is 11.8 Å². The number of nitrogens with two attached hydrogens (primary N) is 1. The number of hydrogen-bond acceptors (Lipinski definition) is 3. The van der Waals surface area contributed by atoms with Crippen LogP contribution in [0.2, 0.25) is 0 Å². The largest absolute Gasteiger partial charge is 0.330 e. The zero-order chi connectivity index (χ0) is 14.5. The molecule has 0 spiro atoms. The number of carbonyl (C=O) groups excluding carboxylic acids is 1. The minimum Gasteiger partial charge on any atom is -0.330 e. The molecular weight excluding hydrogens is 252 g/mol. The SMILES string of the molecule is CC(C)C(CN)C(=O)Nc1ccccc1-n1cccn1. The van der Waals surface area contributed by atoms with Crippen molar-refractivity contribution in [2.45, 2.75) is 13.8 Å². The third kappa shape index (κ3) is 3.05. The zero-order valence-electron chi connectivity index (χ0n) is 11.8. The summed E-state index contributed by atoms with van der Waals surface area (Å²) in [7, 11) is 0. The van der Waals surface area contributed by atoms with E-state index in [2.05, 4.69) is 10.4 Å². The number of hydrogen-bond donors (Lipinski definition) is 2. The van der Waals surface area contributed by atoms with Gasteiger partial charge in [0.2, 0.25) is 5.91 Å². The van der Waals surface area contributed by atoms with E-state index in [0.29, 0.717) is 6.54 Å². The van der Waals surface area contributed by atoms with E-state index in [-0.39, 0.29) is 17.7 Å². The second kappa shape index (κ2) is 6.34. The molecule has 0 saturated carbocycles. The average Bonchev–Trinajstić information content (AvgIpc) is 2.93. The molecule has 1 aromatic carbocycles. The molecule has 0 aliphatic rings. The molecule has 1 heterocycles. The Kier molecular flexibility index (Phi) is 4.53. The average molecular weight is 272 g/mol. The lowest BCUT2D eigenvalue weighted by molar-refractivity contribution is -0.120. The maximum absolute atomic E-state index is 12.3. The lowest BCUT2D eigenvalue weighted by Gasteiger charge is -2.19. The van der Waals surface area contributed by atoms with E-state index in [1.54, 1.807) is 10.9 Å². The summed E-state index contributed by atoms with van der Waals surface area (Å²) in [5.74, 6) is -0.0420. The van der Waals surface area contributed by atoms with Gasteiger partial charge >= 0.3 is 0 Å². The molecule has 5 nitrogen and oxygen atoms in total. The van der Waals surface area contributed by atoms with Crippen molar-refractivity contribution >= 4 is 11.6 Å². The normalized spacial score (nSPS) is 12.4. The number of benzene rings is 1. The second-order valence-electron chi connectivity index (χ2n) is 5.04. The van der Waals surface area contributed by atoms with E-state index in [1.165, 1.54) is 0 Å². The molecule has 20 heavy (non-hydrogen) atoms. The van der Waals surface area contributed by atoms with E-state index in [0.717, 1.165) is 11.4 Å². The summed E-state index contributed by atoms with van der Waals surface area (Å²) in [6.07, 6.45) is 3.54. The van der Waals surface area contributed by atoms with Crippen LogP contribution in [0.3, 0.4) is 0 Å². The van der Waals surface area contributed by atoms with Gasteiger partial charge in [-0.1, -0.05) is 26.0 Å². The molecule has 0 aliphatic heterocycles. The predicted molar refractivity (Wildman–Crippen MR) is 79.6 cm³/mol. The topological polar surface area (TPSA) is 72.9 Å². The molecule has 2 aromatic rings.